The second-order valence-corrected chi connectivity index (χ2v) is 26.3. The highest BCUT2D eigenvalue weighted by Gasteiger charge is 2.52. The average molecular weight is 1130 g/mol. The molecule has 78 heavy (non-hydrogen) atoms. The number of phenolic OH excluding ortho intramolecular Hbond substituents is 2. The summed E-state index contributed by atoms with van der Waals surface area (Å²) in [6.45, 7) is 4.13. The predicted octanol–water partition coefficient (Wildman–Crippen LogP) is 8.53. The Morgan fingerprint density at radius 3 is 2.41 bits per heavy atom. The normalized spacial score (nSPS) is 32.7. The van der Waals surface area contributed by atoms with Crippen LogP contribution in [0.1, 0.15) is 157 Å². The summed E-state index contributed by atoms with van der Waals surface area (Å²) in [5.74, 6) is 9.18. The molecule has 3 heterocycles. The molecule has 436 valence electrons. The Hall–Kier alpha value is -3.15. The summed E-state index contributed by atoms with van der Waals surface area (Å²) in [6, 6.07) is 7.00. The largest absolute Gasteiger partial charge is 0.504 e. The average Bonchev–Trinajstić information content (AvgIpc) is 3.87. The summed E-state index contributed by atoms with van der Waals surface area (Å²) in [6.07, 6.45) is 14.5. The molecule has 15 nitrogen and oxygen atoms in total. The number of benzene rings is 2. The van der Waals surface area contributed by atoms with Crippen molar-refractivity contribution in [3.8, 4) is 40.6 Å². The number of hydrogen-bond donors (Lipinski definition) is 9. The van der Waals surface area contributed by atoms with Gasteiger partial charge < -0.3 is 70.1 Å². The molecule has 4 fully saturated rings. The van der Waals surface area contributed by atoms with E-state index in [1.54, 1.807) is 18.2 Å². The first-order valence-corrected chi connectivity index (χ1v) is 31.9. The predicted molar refractivity (Wildman–Crippen MR) is 305 cm³/mol. The Bertz CT molecular complexity index is 2250. The molecule has 6 aliphatic rings. The van der Waals surface area contributed by atoms with Gasteiger partial charge in [0.15, 0.2) is 23.0 Å². The number of amides is 1. The lowest BCUT2D eigenvalue weighted by Crippen LogP contribution is -2.50. The number of ether oxygens (including phenoxy) is 5. The molecule has 1 spiro atoms. The maximum absolute atomic E-state index is 12.9. The molecule has 3 aliphatic heterocycles. The lowest BCUT2D eigenvalue weighted by atomic mass is 9.51. The molecule has 17 heteroatoms. The summed E-state index contributed by atoms with van der Waals surface area (Å²) in [5, 5.41) is 85.4. The number of hydrogen-bond acceptors (Lipinski definition) is 16. The zero-order valence-corrected chi connectivity index (χ0v) is 48.2. The first-order valence-electron chi connectivity index (χ1n) is 29.6. The maximum atomic E-state index is 12.9. The van der Waals surface area contributed by atoms with E-state index in [1.807, 2.05) is 6.07 Å². The molecule has 9 N–H and O–H groups in total. The van der Waals surface area contributed by atoms with Crippen molar-refractivity contribution in [2.75, 3.05) is 53.1 Å². The fourth-order valence-corrected chi connectivity index (χ4v) is 17.3. The third-order valence-corrected chi connectivity index (χ3v) is 21.4. The molecule has 0 aromatic heterocycles. The monoisotopic (exact) mass is 1120 g/mol. The van der Waals surface area contributed by atoms with Crippen molar-refractivity contribution >= 4 is 27.5 Å². The number of methoxy groups -OCH3 is 2. The van der Waals surface area contributed by atoms with Gasteiger partial charge in [0.25, 0.3) is 0 Å². The summed E-state index contributed by atoms with van der Waals surface area (Å²) in [4.78, 5) is 12.9. The highest BCUT2D eigenvalue weighted by Crippen LogP contribution is 2.57. The van der Waals surface area contributed by atoms with Gasteiger partial charge in [0, 0.05) is 66.9 Å². The van der Waals surface area contributed by atoms with Crippen molar-refractivity contribution in [1.29, 1.82) is 0 Å². The van der Waals surface area contributed by atoms with Crippen molar-refractivity contribution in [3.63, 3.8) is 0 Å². The van der Waals surface area contributed by atoms with Gasteiger partial charge in [-0.2, -0.15) is 0 Å². The zero-order chi connectivity index (χ0) is 55.2. The van der Waals surface area contributed by atoms with Crippen LogP contribution in [0.5, 0.6) is 28.7 Å². The van der Waals surface area contributed by atoms with Crippen LogP contribution in [-0.2, 0) is 27.1 Å². The number of carbonyl (C=O) groups excluding carboxylic acids is 1. The highest BCUT2D eigenvalue weighted by atomic mass is 33.1. The molecule has 3 saturated carbocycles. The Morgan fingerprint density at radius 1 is 0.859 bits per heavy atom. The van der Waals surface area contributed by atoms with Crippen LogP contribution in [0.25, 0.3) is 0 Å². The van der Waals surface area contributed by atoms with E-state index >= 15 is 0 Å². The van der Waals surface area contributed by atoms with Gasteiger partial charge in [0.1, 0.15) is 6.79 Å². The molecule has 3 aliphatic carbocycles. The topological polar surface area (TPSA) is 229 Å². The van der Waals surface area contributed by atoms with E-state index in [0.717, 1.165) is 101 Å². The summed E-state index contributed by atoms with van der Waals surface area (Å²) in [7, 11) is 5.85. The van der Waals surface area contributed by atoms with Gasteiger partial charge in [-0.05, 0) is 174 Å². The molecule has 1 saturated heterocycles. The van der Waals surface area contributed by atoms with Crippen LogP contribution in [0.2, 0.25) is 0 Å². The van der Waals surface area contributed by atoms with Gasteiger partial charge in [0.05, 0.1) is 50.8 Å². The molecule has 2 aromatic rings. The van der Waals surface area contributed by atoms with Crippen LogP contribution in [0, 0.1) is 52.8 Å². The molecular formula is C61H92N2O13S2. The van der Waals surface area contributed by atoms with E-state index in [1.165, 1.54) is 55.1 Å². The number of phenols is 2. The minimum absolute atomic E-state index is 0.0193. The van der Waals surface area contributed by atoms with Gasteiger partial charge in [-0.15, -0.1) is 5.92 Å². The Morgan fingerprint density at radius 2 is 1.65 bits per heavy atom. The lowest BCUT2D eigenvalue weighted by Gasteiger charge is -2.53. The Labute approximate surface area is 471 Å². The molecule has 2 aromatic carbocycles. The summed E-state index contributed by atoms with van der Waals surface area (Å²) >= 11 is 0. The molecule has 8 rings (SSSR count). The first-order chi connectivity index (χ1) is 37.8. The molecule has 0 unspecified atom stereocenters. The smallest absolute Gasteiger partial charge is 0.220 e. The third kappa shape index (κ3) is 15.7. The number of aryl methyl sites for hydroxylation is 1. The van der Waals surface area contributed by atoms with E-state index in [2.05, 4.69) is 29.4 Å². The Balaban J connectivity index is 0.994. The fourth-order valence-electron chi connectivity index (χ4n) is 14.4. The van der Waals surface area contributed by atoms with Crippen LogP contribution in [0.3, 0.4) is 0 Å². The second-order valence-electron chi connectivity index (χ2n) is 23.7. The van der Waals surface area contributed by atoms with E-state index in [-0.39, 0.29) is 94.7 Å². The van der Waals surface area contributed by atoms with Gasteiger partial charge in [-0.1, -0.05) is 60.1 Å². The van der Waals surface area contributed by atoms with Crippen molar-refractivity contribution in [2.45, 2.75) is 196 Å². The van der Waals surface area contributed by atoms with Crippen molar-refractivity contribution in [2.24, 2.45) is 40.9 Å². The van der Waals surface area contributed by atoms with E-state index in [4.69, 9.17) is 23.7 Å². The van der Waals surface area contributed by atoms with Crippen LogP contribution in [0.15, 0.2) is 24.3 Å². The minimum Gasteiger partial charge on any atom is -0.504 e. The van der Waals surface area contributed by atoms with Crippen LogP contribution < -0.4 is 24.8 Å². The third-order valence-electron chi connectivity index (χ3n) is 18.6. The van der Waals surface area contributed by atoms with Gasteiger partial charge in [0.2, 0.25) is 11.7 Å². The van der Waals surface area contributed by atoms with Gasteiger partial charge in [-0.3, -0.25) is 4.79 Å². The quantitative estimate of drug-likeness (QED) is 0.0278. The van der Waals surface area contributed by atoms with Crippen molar-refractivity contribution in [1.82, 2.24) is 10.6 Å². The van der Waals surface area contributed by atoms with Crippen molar-refractivity contribution in [3.05, 3.63) is 41.0 Å². The standard InChI is InChI=1S/C61H92N2O13S2/c1-38-13-16-42(17-20-51(66)47-33-59(70)63-50(47)12-9-25-74-43-10-5-4-6-11-43)61(34-38)22-7-8-23-62-35-41-15-19-45(30-49(41)61)76-55-29-40-14-18-44(75-37-65)31-52(67)48(26-39-27-56(72-2)60(71)57(28-39)73-3)54(69)36-77-78-58(21-24-64)46(40)32-53(55)68/h27-29,32,38,41-45,47-52,54,58,62,64-69,71H,4-6,8-21,23-26,30-31,33-37H2,1-3H3,(H,63,70)/t38-,41+,42-,44+,45+,47-,48+,49-,50-,51+,52-,54+,58+,61+/m1/s1. The summed E-state index contributed by atoms with van der Waals surface area (Å²) in [5.41, 5.74) is 2.16. The fraction of sp³-hybridized carbons (Fsp3) is 0.754. The highest BCUT2D eigenvalue weighted by molar-refractivity contribution is 8.76. The van der Waals surface area contributed by atoms with Crippen LogP contribution >= 0.6 is 21.6 Å². The van der Waals surface area contributed by atoms with E-state index in [0.29, 0.717) is 68.0 Å². The van der Waals surface area contributed by atoms with Crippen LogP contribution in [-0.4, -0.2) is 137 Å². The first kappa shape index (κ1) is 60.9. The van der Waals surface area contributed by atoms with Crippen LogP contribution in [0.4, 0.5) is 0 Å². The lowest BCUT2D eigenvalue weighted by molar-refractivity contribution is -0.119. The van der Waals surface area contributed by atoms with E-state index in [9.17, 15) is 40.5 Å². The number of aliphatic hydroxyl groups excluding tert-OH is 5. The zero-order valence-electron chi connectivity index (χ0n) is 46.6. The Kier molecular flexibility index (Phi) is 23.2. The molecule has 0 bridgehead atoms. The van der Waals surface area contributed by atoms with E-state index < -0.39 is 37.1 Å². The van der Waals surface area contributed by atoms with Gasteiger partial charge in [-0.25, -0.2) is 0 Å². The minimum atomic E-state index is -1.04. The molecule has 0 radical (unpaired) electrons. The van der Waals surface area contributed by atoms with Crippen molar-refractivity contribution < 1.29 is 64.2 Å². The second kappa shape index (κ2) is 29.7. The SMILES string of the molecule is COc1cc(C[C@H]2[C@H](O)C[C@@H](OCO)CCc3cc(O[C@H]4CC[C@H]5CNCCC#C[C@@]6(C[C@H](C)CC[C@@H]6CC[C@H](O)[C@@H]6CC(=O)N[C@@H]6CCCOC6CCCCC6)[C@@H]5C4)c(O)cc3[C@H](CCO)SSC[C@@H]2O)cc(OC)c1O. The number of rotatable bonds is 19. The maximum Gasteiger partial charge on any atom is 0.220 e. The number of carbonyl (C=O) groups is 1. The molecular weight excluding hydrogens is 1030 g/mol. The summed E-state index contributed by atoms with van der Waals surface area (Å²) < 4.78 is 29.9. The number of nitrogens with one attached hydrogen (secondary N) is 2. The molecule has 14 atom stereocenters. The number of fused-ring (bicyclic) bond motifs is 3. The molecule has 1 amide bonds. The number of aliphatic hydroxyl groups is 5. The van der Waals surface area contributed by atoms with Gasteiger partial charge >= 0.3 is 0 Å². The number of aromatic hydroxyl groups is 2.